The molecule has 0 aliphatic carbocycles. The lowest BCUT2D eigenvalue weighted by molar-refractivity contribution is 0.724. The highest BCUT2D eigenvalue weighted by molar-refractivity contribution is 7.99. The third-order valence-corrected chi connectivity index (χ3v) is 4.45. The molecule has 1 aromatic heterocycles. The number of nitrogens with one attached hydrogen (secondary N) is 1. The van der Waals surface area contributed by atoms with Gasteiger partial charge in [-0.25, -0.2) is 0 Å². The average molecular weight is 257 g/mol. The van der Waals surface area contributed by atoms with Crippen molar-refractivity contribution in [3.8, 4) is 0 Å². The maximum atomic E-state index is 3.50. The summed E-state index contributed by atoms with van der Waals surface area (Å²) in [6.07, 6.45) is 5.28. The van der Waals surface area contributed by atoms with Crippen LogP contribution < -0.4 is 5.32 Å². The van der Waals surface area contributed by atoms with Gasteiger partial charge in [-0.15, -0.1) is 11.3 Å². The molecule has 3 heteroatoms. The largest absolute Gasteiger partial charge is 0.316 e. The van der Waals surface area contributed by atoms with E-state index in [9.17, 15) is 0 Å². The monoisotopic (exact) mass is 257 g/mol. The Hall–Kier alpha value is 0.01000. The van der Waals surface area contributed by atoms with Crippen LogP contribution in [-0.2, 0) is 6.42 Å². The fourth-order valence-electron chi connectivity index (χ4n) is 1.49. The smallest absolute Gasteiger partial charge is 0.00581 e. The van der Waals surface area contributed by atoms with Gasteiger partial charge in [0, 0.05) is 17.2 Å². The van der Waals surface area contributed by atoms with Gasteiger partial charge in [0.05, 0.1) is 0 Å². The van der Waals surface area contributed by atoms with Gasteiger partial charge in [-0.05, 0) is 36.6 Å². The highest BCUT2D eigenvalue weighted by Gasteiger charge is 1.93. The predicted molar refractivity (Wildman–Crippen MR) is 77.7 cm³/mol. The Labute approximate surface area is 108 Å². The van der Waals surface area contributed by atoms with Crippen molar-refractivity contribution in [2.45, 2.75) is 32.6 Å². The second-order valence-corrected chi connectivity index (χ2v) is 6.16. The molecule has 0 aromatic carbocycles. The summed E-state index contributed by atoms with van der Waals surface area (Å²) >= 11 is 3.94. The number of thioether (sulfide) groups is 1. The predicted octanol–water partition coefficient (Wildman–Crippen LogP) is 3.80. The van der Waals surface area contributed by atoms with Gasteiger partial charge < -0.3 is 5.32 Å². The number of rotatable bonds is 10. The first-order valence-electron chi connectivity index (χ1n) is 6.24. The molecule has 0 unspecified atom stereocenters. The Balaban J connectivity index is 1.78. The molecule has 0 saturated heterocycles. The Morgan fingerprint density at radius 2 is 2.19 bits per heavy atom. The molecule has 0 radical (unpaired) electrons. The fraction of sp³-hybridized carbons (Fsp3) is 0.692. The van der Waals surface area contributed by atoms with Crippen molar-refractivity contribution < 1.29 is 0 Å². The Morgan fingerprint density at radius 1 is 1.25 bits per heavy atom. The number of thiophene rings is 1. The maximum Gasteiger partial charge on any atom is 0.00581 e. The zero-order valence-electron chi connectivity index (χ0n) is 10.2. The molecule has 1 nitrogen and oxygen atoms in total. The molecule has 0 spiro atoms. The Bertz CT molecular complexity index is 234. The molecule has 0 bridgehead atoms. The molecule has 0 saturated carbocycles. The molecule has 92 valence electrons. The van der Waals surface area contributed by atoms with E-state index in [0.29, 0.717) is 0 Å². The first kappa shape index (κ1) is 14.1. The average Bonchev–Trinajstić information content (AvgIpc) is 2.80. The molecule has 0 amide bonds. The zero-order chi connectivity index (χ0) is 11.5. The zero-order valence-corrected chi connectivity index (χ0v) is 11.8. The van der Waals surface area contributed by atoms with Gasteiger partial charge in [0.15, 0.2) is 0 Å². The number of hydrogen-bond acceptors (Lipinski definition) is 3. The van der Waals surface area contributed by atoms with E-state index in [0.717, 1.165) is 13.1 Å². The van der Waals surface area contributed by atoms with Gasteiger partial charge in [0.25, 0.3) is 0 Å². The van der Waals surface area contributed by atoms with Crippen LogP contribution in [-0.4, -0.2) is 24.6 Å². The van der Waals surface area contributed by atoms with Gasteiger partial charge in [-0.1, -0.05) is 25.8 Å². The maximum absolute atomic E-state index is 3.50. The minimum Gasteiger partial charge on any atom is -0.316 e. The van der Waals surface area contributed by atoms with E-state index in [-0.39, 0.29) is 0 Å². The lowest BCUT2D eigenvalue weighted by Crippen LogP contribution is -2.19. The molecule has 0 atom stereocenters. The van der Waals surface area contributed by atoms with Crippen LogP contribution >= 0.6 is 23.1 Å². The summed E-state index contributed by atoms with van der Waals surface area (Å²) < 4.78 is 0. The van der Waals surface area contributed by atoms with Crippen molar-refractivity contribution in [3.05, 3.63) is 22.4 Å². The highest BCUT2D eigenvalue weighted by Crippen LogP contribution is 2.08. The van der Waals surface area contributed by atoms with E-state index in [1.165, 1.54) is 42.1 Å². The number of hydrogen-bond donors (Lipinski definition) is 1. The number of unbranched alkanes of at least 4 members (excludes halogenated alkanes) is 2. The molecule has 1 rings (SSSR count). The summed E-state index contributed by atoms with van der Waals surface area (Å²) in [5.41, 5.74) is 0. The van der Waals surface area contributed by atoms with Gasteiger partial charge in [-0.2, -0.15) is 11.8 Å². The molecular formula is C13H23NS2. The molecule has 1 N–H and O–H groups in total. The molecule has 0 fully saturated rings. The van der Waals surface area contributed by atoms with Crippen LogP contribution in [0.2, 0.25) is 0 Å². The molecule has 1 heterocycles. The van der Waals surface area contributed by atoms with Crippen molar-refractivity contribution in [1.82, 2.24) is 5.32 Å². The summed E-state index contributed by atoms with van der Waals surface area (Å²) in [5, 5.41) is 5.65. The van der Waals surface area contributed by atoms with Gasteiger partial charge >= 0.3 is 0 Å². The second-order valence-electron chi connectivity index (χ2n) is 3.90. The minimum absolute atomic E-state index is 1.12. The van der Waals surface area contributed by atoms with E-state index in [1.807, 2.05) is 11.3 Å². The van der Waals surface area contributed by atoms with Crippen molar-refractivity contribution in [2.75, 3.05) is 24.6 Å². The van der Waals surface area contributed by atoms with Gasteiger partial charge in [0.2, 0.25) is 0 Å². The van der Waals surface area contributed by atoms with E-state index < -0.39 is 0 Å². The van der Waals surface area contributed by atoms with Crippen LogP contribution in [0.3, 0.4) is 0 Å². The van der Waals surface area contributed by atoms with Crippen LogP contribution in [0.5, 0.6) is 0 Å². The lowest BCUT2D eigenvalue weighted by atomic mass is 10.3. The lowest BCUT2D eigenvalue weighted by Gasteiger charge is -2.03. The molecule has 1 aromatic rings. The van der Waals surface area contributed by atoms with E-state index in [4.69, 9.17) is 0 Å². The van der Waals surface area contributed by atoms with Crippen LogP contribution in [0.25, 0.3) is 0 Å². The summed E-state index contributed by atoms with van der Waals surface area (Å²) in [5.74, 6) is 2.59. The Morgan fingerprint density at radius 3 is 2.94 bits per heavy atom. The summed E-state index contributed by atoms with van der Waals surface area (Å²) in [6, 6.07) is 4.34. The first-order valence-corrected chi connectivity index (χ1v) is 8.27. The van der Waals surface area contributed by atoms with Crippen LogP contribution in [0.4, 0.5) is 0 Å². The summed E-state index contributed by atoms with van der Waals surface area (Å²) in [6.45, 7) is 4.54. The van der Waals surface area contributed by atoms with Crippen molar-refractivity contribution in [3.63, 3.8) is 0 Å². The highest BCUT2D eigenvalue weighted by atomic mass is 32.2. The normalized spacial score (nSPS) is 10.8. The second kappa shape index (κ2) is 10.2. The van der Waals surface area contributed by atoms with Gasteiger partial charge in [0.1, 0.15) is 0 Å². The van der Waals surface area contributed by atoms with Crippen LogP contribution in [0.1, 0.15) is 31.1 Å². The van der Waals surface area contributed by atoms with Crippen molar-refractivity contribution in [2.24, 2.45) is 0 Å². The molecule has 16 heavy (non-hydrogen) atoms. The van der Waals surface area contributed by atoms with Crippen LogP contribution in [0, 0.1) is 0 Å². The Kier molecular flexibility index (Phi) is 8.96. The molecule has 0 aliphatic heterocycles. The van der Waals surface area contributed by atoms with E-state index in [1.54, 1.807) is 0 Å². The van der Waals surface area contributed by atoms with Crippen molar-refractivity contribution in [1.29, 1.82) is 0 Å². The summed E-state index contributed by atoms with van der Waals surface area (Å²) in [4.78, 5) is 1.49. The molecular weight excluding hydrogens is 234 g/mol. The van der Waals surface area contributed by atoms with E-state index >= 15 is 0 Å². The van der Waals surface area contributed by atoms with Gasteiger partial charge in [-0.3, -0.25) is 0 Å². The fourth-order valence-corrected chi connectivity index (χ4v) is 3.10. The third-order valence-electron chi connectivity index (χ3n) is 2.44. The van der Waals surface area contributed by atoms with E-state index in [2.05, 4.69) is 41.5 Å². The minimum atomic E-state index is 1.12. The molecule has 0 aliphatic rings. The summed E-state index contributed by atoms with van der Waals surface area (Å²) in [7, 11) is 0. The third kappa shape index (κ3) is 7.31. The quantitative estimate of drug-likeness (QED) is 0.640. The van der Waals surface area contributed by atoms with Crippen molar-refractivity contribution >= 4 is 23.1 Å². The first-order chi connectivity index (χ1) is 7.93. The standard InChI is InChI=1S/C13H23NS2/c1-2-3-4-10-15-12-9-14-8-7-13-6-5-11-16-13/h5-6,11,14H,2-4,7-10,12H2,1H3. The topological polar surface area (TPSA) is 12.0 Å². The SMILES string of the molecule is CCCCCSCCNCCc1cccs1. The van der Waals surface area contributed by atoms with Crippen LogP contribution in [0.15, 0.2) is 17.5 Å².